The minimum atomic E-state index is -0.357. The first-order valence-corrected chi connectivity index (χ1v) is 7.54. The number of carbonyl (C=O) groups is 2. The van der Waals surface area contributed by atoms with E-state index in [9.17, 15) is 14.0 Å². The molecule has 1 atom stereocenters. The molecule has 3 rings (SSSR count). The van der Waals surface area contributed by atoms with Crippen molar-refractivity contribution in [3.8, 4) is 0 Å². The number of carbonyl (C=O) groups excluding carboxylic acids is 2. The smallest absolute Gasteiger partial charge is 0.253 e. The SMILES string of the molecule is O=C(NC1CC(=O)N(c2ccc(F)cc2)C1)c1ccccc1Cl. The highest BCUT2D eigenvalue weighted by atomic mass is 35.5. The topological polar surface area (TPSA) is 49.4 Å². The van der Waals surface area contributed by atoms with E-state index in [1.54, 1.807) is 36.4 Å². The molecule has 1 aliphatic heterocycles. The molecular formula is C17H14ClFN2O2. The third kappa shape index (κ3) is 3.35. The second-order valence-corrected chi connectivity index (χ2v) is 5.74. The number of hydrogen-bond acceptors (Lipinski definition) is 2. The number of nitrogens with one attached hydrogen (secondary N) is 1. The lowest BCUT2D eigenvalue weighted by molar-refractivity contribution is -0.117. The summed E-state index contributed by atoms with van der Waals surface area (Å²) < 4.78 is 13.0. The minimum Gasteiger partial charge on any atom is -0.347 e. The Morgan fingerprint density at radius 2 is 1.87 bits per heavy atom. The zero-order chi connectivity index (χ0) is 16.4. The van der Waals surface area contributed by atoms with Gasteiger partial charge in [0.2, 0.25) is 5.91 Å². The fourth-order valence-corrected chi connectivity index (χ4v) is 2.80. The van der Waals surface area contributed by atoms with E-state index in [2.05, 4.69) is 5.32 Å². The molecule has 1 heterocycles. The van der Waals surface area contributed by atoms with Crippen molar-refractivity contribution in [3.05, 3.63) is 64.9 Å². The Balaban J connectivity index is 1.69. The Bertz CT molecular complexity index is 749. The summed E-state index contributed by atoms with van der Waals surface area (Å²) in [6.45, 7) is 0.348. The quantitative estimate of drug-likeness (QED) is 0.939. The molecule has 1 unspecified atom stereocenters. The predicted octanol–water partition coefficient (Wildman–Crippen LogP) is 3.01. The molecule has 2 aromatic rings. The lowest BCUT2D eigenvalue weighted by Gasteiger charge is -2.17. The number of benzene rings is 2. The number of rotatable bonds is 3. The fraction of sp³-hybridized carbons (Fsp3) is 0.176. The van der Waals surface area contributed by atoms with Crippen LogP contribution in [0.25, 0.3) is 0 Å². The van der Waals surface area contributed by atoms with Crippen molar-refractivity contribution in [2.45, 2.75) is 12.5 Å². The molecule has 2 aromatic carbocycles. The van der Waals surface area contributed by atoms with Gasteiger partial charge in [-0.15, -0.1) is 0 Å². The Labute approximate surface area is 137 Å². The van der Waals surface area contributed by atoms with E-state index in [1.165, 1.54) is 17.0 Å². The second-order valence-electron chi connectivity index (χ2n) is 5.34. The van der Waals surface area contributed by atoms with Gasteiger partial charge in [0.15, 0.2) is 0 Å². The van der Waals surface area contributed by atoms with Gasteiger partial charge < -0.3 is 10.2 Å². The zero-order valence-corrected chi connectivity index (χ0v) is 12.9. The Hall–Kier alpha value is -2.40. The third-order valence-electron chi connectivity index (χ3n) is 3.72. The van der Waals surface area contributed by atoms with E-state index < -0.39 is 0 Å². The lowest BCUT2D eigenvalue weighted by atomic mass is 10.2. The van der Waals surface area contributed by atoms with Crippen molar-refractivity contribution in [2.24, 2.45) is 0 Å². The summed E-state index contributed by atoms with van der Waals surface area (Å²) in [6.07, 6.45) is 0.202. The van der Waals surface area contributed by atoms with Crippen LogP contribution in [-0.2, 0) is 4.79 Å². The van der Waals surface area contributed by atoms with Crippen molar-refractivity contribution in [3.63, 3.8) is 0 Å². The summed E-state index contributed by atoms with van der Waals surface area (Å²) >= 11 is 6.00. The maximum absolute atomic E-state index is 13.0. The highest BCUT2D eigenvalue weighted by Gasteiger charge is 2.31. The molecular weight excluding hydrogens is 319 g/mol. The normalized spacial score (nSPS) is 17.4. The van der Waals surface area contributed by atoms with Crippen LogP contribution in [0.15, 0.2) is 48.5 Å². The summed E-state index contributed by atoms with van der Waals surface area (Å²) in [5.41, 5.74) is 0.993. The maximum atomic E-state index is 13.0. The molecule has 0 bridgehead atoms. The Morgan fingerprint density at radius 1 is 1.17 bits per heavy atom. The third-order valence-corrected chi connectivity index (χ3v) is 4.05. The lowest BCUT2D eigenvalue weighted by Crippen LogP contribution is -2.37. The monoisotopic (exact) mass is 332 g/mol. The van der Waals surface area contributed by atoms with Crippen molar-refractivity contribution in [2.75, 3.05) is 11.4 Å². The van der Waals surface area contributed by atoms with E-state index in [1.807, 2.05) is 0 Å². The second kappa shape index (κ2) is 6.38. The average molecular weight is 333 g/mol. The summed E-state index contributed by atoms with van der Waals surface area (Å²) in [6, 6.07) is 12.1. The summed E-state index contributed by atoms with van der Waals surface area (Å²) in [7, 11) is 0. The van der Waals surface area contributed by atoms with Gasteiger partial charge in [-0.1, -0.05) is 23.7 Å². The van der Waals surface area contributed by atoms with Crippen LogP contribution in [0.1, 0.15) is 16.8 Å². The van der Waals surface area contributed by atoms with Gasteiger partial charge >= 0.3 is 0 Å². The van der Waals surface area contributed by atoms with Crippen LogP contribution in [0.2, 0.25) is 5.02 Å². The fourth-order valence-electron chi connectivity index (χ4n) is 2.58. The molecule has 0 aromatic heterocycles. The molecule has 0 spiro atoms. The van der Waals surface area contributed by atoms with Crippen LogP contribution in [0.5, 0.6) is 0 Å². The van der Waals surface area contributed by atoms with E-state index in [0.29, 0.717) is 22.8 Å². The highest BCUT2D eigenvalue weighted by molar-refractivity contribution is 6.33. The van der Waals surface area contributed by atoms with Gasteiger partial charge in [-0.25, -0.2) is 4.39 Å². The van der Waals surface area contributed by atoms with Crippen molar-refractivity contribution >= 4 is 29.1 Å². The van der Waals surface area contributed by atoms with Crippen molar-refractivity contribution in [1.29, 1.82) is 0 Å². The van der Waals surface area contributed by atoms with E-state index in [-0.39, 0.29) is 30.1 Å². The Kier molecular flexibility index (Phi) is 4.30. The first kappa shape index (κ1) is 15.5. The summed E-state index contributed by atoms with van der Waals surface area (Å²) in [5.74, 6) is -0.778. The van der Waals surface area contributed by atoms with Crippen molar-refractivity contribution < 1.29 is 14.0 Å². The van der Waals surface area contributed by atoms with Crippen LogP contribution in [0, 0.1) is 5.82 Å². The zero-order valence-electron chi connectivity index (χ0n) is 12.1. The number of anilines is 1. The van der Waals surface area contributed by atoms with Crippen LogP contribution in [-0.4, -0.2) is 24.4 Å². The van der Waals surface area contributed by atoms with E-state index >= 15 is 0 Å². The average Bonchev–Trinajstić information content (AvgIpc) is 2.89. The maximum Gasteiger partial charge on any atom is 0.253 e. The van der Waals surface area contributed by atoms with Crippen LogP contribution in [0.3, 0.4) is 0 Å². The van der Waals surface area contributed by atoms with Gasteiger partial charge in [0, 0.05) is 18.7 Å². The molecule has 1 N–H and O–H groups in total. The summed E-state index contributed by atoms with van der Waals surface area (Å²) in [5, 5.41) is 3.18. The number of nitrogens with zero attached hydrogens (tertiary/aromatic N) is 1. The van der Waals surface area contributed by atoms with E-state index in [4.69, 9.17) is 11.6 Å². The van der Waals surface area contributed by atoms with Gasteiger partial charge in [0.05, 0.1) is 16.6 Å². The molecule has 6 heteroatoms. The first-order valence-electron chi connectivity index (χ1n) is 7.16. The minimum absolute atomic E-state index is 0.110. The molecule has 118 valence electrons. The molecule has 1 fully saturated rings. The molecule has 1 saturated heterocycles. The molecule has 0 saturated carbocycles. The van der Waals surface area contributed by atoms with Crippen LogP contribution in [0.4, 0.5) is 10.1 Å². The van der Waals surface area contributed by atoms with Gasteiger partial charge in [-0.05, 0) is 36.4 Å². The number of halogens is 2. The molecule has 0 radical (unpaired) electrons. The van der Waals surface area contributed by atoms with Crippen molar-refractivity contribution in [1.82, 2.24) is 5.32 Å². The van der Waals surface area contributed by atoms with Gasteiger partial charge in [-0.2, -0.15) is 0 Å². The van der Waals surface area contributed by atoms with Crippen LogP contribution < -0.4 is 10.2 Å². The van der Waals surface area contributed by atoms with Gasteiger partial charge in [-0.3, -0.25) is 9.59 Å². The standard InChI is InChI=1S/C17H14ClFN2O2/c18-15-4-2-1-3-14(15)17(23)20-12-9-16(22)21(10-12)13-7-5-11(19)6-8-13/h1-8,12H,9-10H2,(H,20,23). The summed E-state index contributed by atoms with van der Waals surface area (Å²) in [4.78, 5) is 25.9. The number of amides is 2. The Morgan fingerprint density at radius 3 is 2.57 bits per heavy atom. The molecule has 2 amide bonds. The van der Waals surface area contributed by atoms with Gasteiger partial charge in [0.1, 0.15) is 5.82 Å². The molecule has 23 heavy (non-hydrogen) atoms. The predicted molar refractivity (Wildman–Crippen MR) is 86.1 cm³/mol. The number of hydrogen-bond donors (Lipinski definition) is 1. The first-order chi connectivity index (χ1) is 11.0. The molecule has 0 aliphatic carbocycles. The highest BCUT2D eigenvalue weighted by Crippen LogP contribution is 2.22. The van der Waals surface area contributed by atoms with Gasteiger partial charge in [0.25, 0.3) is 5.91 Å². The largest absolute Gasteiger partial charge is 0.347 e. The van der Waals surface area contributed by atoms with Crippen LogP contribution >= 0.6 is 11.6 Å². The molecule has 1 aliphatic rings. The molecule has 4 nitrogen and oxygen atoms in total. The van der Waals surface area contributed by atoms with E-state index in [0.717, 1.165) is 0 Å².